The Kier molecular flexibility index (Phi) is 3.91. The van der Waals surface area contributed by atoms with Crippen LogP contribution in [0.25, 0.3) is 10.8 Å². The van der Waals surface area contributed by atoms with Gasteiger partial charge in [-0.3, -0.25) is 5.32 Å². The van der Waals surface area contributed by atoms with Crippen molar-refractivity contribution in [3.05, 3.63) is 58.9 Å². The summed E-state index contributed by atoms with van der Waals surface area (Å²) < 4.78 is 15.3. The minimum atomic E-state index is -0.920. The van der Waals surface area contributed by atoms with Crippen LogP contribution in [0.5, 0.6) is 0 Å². The third-order valence-corrected chi connectivity index (χ3v) is 4.55. The highest BCUT2D eigenvalue weighted by atomic mass is 19.1. The zero-order valence-electron chi connectivity index (χ0n) is 14.4. The molecular weight excluding hydrogens is 359 g/mol. The first-order chi connectivity index (χ1) is 13.5. The van der Waals surface area contributed by atoms with Gasteiger partial charge in [0.25, 0.3) is 0 Å². The van der Waals surface area contributed by atoms with Crippen molar-refractivity contribution in [3.8, 4) is 12.3 Å². The highest BCUT2D eigenvalue weighted by Crippen LogP contribution is 2.42. The molecule has 0 spiro atoms. The number of nitrogens with one attached hydrogen (secondary N) is 2. The van der Waals surface area contributed by atoms with E-state index in [9.17, 15) is 5.26 Å². The van der Waals surface area contributed by atoms with Gasteiger partial charge in [-0.25, -0.2) is 14.4 Å². The number of aromatic nitrogens is 1. The van der Waals surface area contributed by atoms with Gasteiger partial charge in [0, 0.05) is 16.5 Å². The predicted octanol–water partition coefficient (Wildman–Crippen LogP) is 2.35. The lowest BCUT2D eigenvalue weighted by molar-refractivity contribution is 0.611. The molecule has 1 aliphatic heterocycles. The summed E-state index contributed by atoms with van der Waals surface area (Å²) in [4.78, 5) is 8.54. The van der Waals surface area contributed by atoms with Crippen molar-refractivity contribution in [3.63, 3.8) is 0 Å². The molecule has 6 N–H and O–H groups in total. The molecule has 9 heteroatoms. The molecule has 1 atom stereocenters. The minimum absolute atomic E-state index is 0.00126. The molecule has 0 radical (unpaired) electrons. The maximum absolute atomic E-state index is 15.3. The number of anilines is 3. The van der Waals surface area contributed by atoms with Gasteiger partial charge < -0.3 is 16.8 Å². The highest BCUT2D eigenvalue weighted by molar-refractivity contribution is 5.98. The summed E-state index contributed by atoms with van der Waals surface area (Å²) in [6, 6.07) is 11.4. The van der Waals surface area contributed by atoms with Gasteiger partial charge in [0.1, 0.15) is 35.1 Å². The molecule has 1 aliphatic rings. The molecule has 0 saturated carbocycles. The van der Waals surface area contributed by atoms with E-state index < -0.39 is 11.9 Å². The molecule has 0 saturated heterocycles. The maximum Gasteiger partial charge on any atom is 0.211 e. The molecular formula is C19H13FN8. The second-order valence-electron chi connectivity index (χ2n) is 6.09. The van der Waals surface area contributed by atoms with E-state index in [1.54, 1.807) is 36.5 Å². The van der Waals surface area contributed by atoms with Gasteiger partial charge in [-0.05, 0) is 5.39 Å². The normalized spacial score (nSPS) is 15.0. The number of rotatable bonds is 1. The molecule has 2 heterocycles. The summed E-state index contributed by atoms with van der Waals surface area (Å²) >= 11 is 0. The molecule has 4 rings (SSSR count). The van der Waals surface area contributed by atoms with Crippen molar-refractivity contribution in [2.45, 2.75) is 6.04 Å². The number of hydrogen-bond donors (Lipinski definition) is 4. The summed E-state index contributed by atoms with van der Waals surface area (Å²) in [5, 5.41) is 24.6. The van der Waals surface area contributed by atoms with Crippen molar-refractivity contribution >= 4 is 34.1 Å². The first-order valence-electron chi connectivity index (χ1n) is 8.21. The Labute approximate surface area is 158 Å². The van der Waals surface area contributed by atoms with Gasteiger partial charge in [-0.1, -0.05) is 36.4 Å². The summed E-state index contributed by atoms with van der Waals surface area (Å²) in [6.45, 7) is 0. The Morgan fingerprint density at radius 1 is 1.14 bits per heavy atom. The van der Waals surface area contributed by atoms with Crippen LogP contribution in [0.4, 0.5) is 21.7 Å². The predicted molar refractivity (Wildman–Crippen MR) is 103 cm³/mol. The largest absolute Gasteiger partial charge is 0.397 e. The van der Waals surface area contributed by atoms with E-state index in [0.29, 0.717) is 10.9 Å². The third-order valence-electron chi connectivity index (χ3n) is 4.55. The Bertz CT molecular complexity index is 1240. The average molecular weight is 372 g/mol. The fourth-order valence-electron chi connectivity index (χ4n) is 3.27. The number of fused-ring (bicyclic) bond motifs is 2. The second kappa shape index (κ2) is 6.41. The highest BCUT2D eigenvalue weighted by Gasteiger charge is 2.31. The molecule has 0 aliphatic carbocycles. The van der Waals surface area contributed by atoms with E-state index in [-0.39, 0.29) is 34.4 Å². The zero-order chi connectivity index (χ0) is 19.8. The smallest absolute Gasteiger partial charge is 0.211 e. The number of guanidine groups is 1. The van der Waals surface area contributed by atoms with E-state index in [0.717, 1.165) is 5.39 Å². The van der Waals surface area contributed by atoms with Crippen LogP contribution in [0.1, 0.15) is 22.7 Å². The first kappa shape index (κ1) is 17.1. The lowest BCUT2D eigenvalue weighted by atomic mass is 9.93. The zero-order valence-corrected chi connectivity index (χ0v) is 14.4. The lowest BCUT2D eigenvalue weighted by Gasteiger charge is -2.26. The molecule has 28 heavy (non-hydrogen) atoms. The molecule has 1 aromatic heterocycles. The Hall–Kier alpha value is -4.37. The third kappa shape index (κ3) is 2.50. The number of benzene rings is 2. The molecule has 3 aromatic rings. The Balaban J connectivity index is 2.00. The van der Waals surface area contributed by atoms with Gasteiger partial charge in [-0.2, -0.15) is 10.5 Å². The summed E-state index contributed by atoms with van der Waals surface area (Å²) in [5.41, 5.74) is 12.6. The number of halogens is 1. The summed E-state index contributed by atoms with van der Waals surface area (Å²) in [5.74, 6) is -0.254. The quantitative estimate of drug-likeness (QED) is 0.378. The molecule has 0 fully saturated rings. The average Bonchev–Trinajstić information content (AvgIpc) is 2.68. The van der Waals surface area contributed by atoms with E-state index in [4.69, 9.17) is 16.7 Å². The molecule has 0 amide bonds. The van der Waals surface area contributed by atoms with E-state index in [1.165, 1.54) is 0 Å². The molecule has 2 aromatic carbocycles. The number of hydrogen-bond acceptors (Lipinski definition) is 8. The molecule has 8 nitrogen and oxygen atoms in total. The number of nitrogens with two attached hydrogens (primary N) is 2. The fraction of sp³-hybridized carbons (Fsp3) is 0.0526. The molecule has 1 unspecified atom stereocenters. The Morgan fingerprint density at radius 3 is 2.68 bits per heavy atom. The van der Waals surface area contributed by atoms with Crippen LogP contribution in [0.3, 0.4) is 0 Å². The van der Waals surface area contributed by atoms with Crippen LogP contribution >= 0.6 is 0 Å². The number of aliphatic imine (C=N–C) groups is 1. The van der Waals surface area contributed by atoms with Crippen molar-refractivity contribution in [1.82, 2.24) is 10.3 Å². The van der Waals surface area contributed by atoms with Gasteiger partial charge in [0.05, 0.1) is 5.69 Å². The van der Waals surface area contributed by atoms with Crippen LogP contribution in [0.2, 0.25) is 0 Å². The van der Waals surface area contributed by atoms with Crippen molar-refractivity contribution in [2.75, 3.05) is 16.8 Å². The molecule has 136 valence electrons. The van der Waals surface area contributed by atoms with Crippen molar-refractivity contribution in [1.29, 1.82) is 10.5 Å². The van der Waals surface area contributed by atoms with Crippen LogP contribution < -0.4 is 22.1 Å². The van der Waals surface area contributed by atoms with Gasteiger partial charge in [-0.15, -0.1) is 0 Å². The van der Waals surface area contributed by atoms with Gasteiger partial charge in [0.15, 0.2) is 6.19 Å². The standard InChI is InChI=1S/C19H13FN8/c20-14-10-4-2-1-3-9(10)5-6-11(14)16-13-15(23)12(7-21)17(24)27-18(13)28-19(26-16)25-8-22/h1-6,16H,(H6,23,24,25,26,27,28). The van der Waals surface area contributed by atoms with Crippen LogP contribution in [-0.4, -0.2) is 10.9 Å². The number of nitrogens with zero attached hydrogens (tertiary/aromatic N) is 4. The monoisotopic (exact) mass is 372 g/mol. The van der Waals surface area contributed by atoms with E-state index >= 15 is 4.39 Å². The number of nitrogen functional groups attached to an aromatic ring is 2. The summed E-state index contributed by atoms with van der Waals surface area (Å²) in [7, 11) is 0. The molecule has 0 bridgehead atoms. The Morgan fingerprint density at radius 2 is 1.93 bits per heavy atom. The van der Waals surface area contributed by atoms with E-state index in [2.05, 4.69) is 20.6 Å². The fourth-order valence-corrected chi connectivity index (χ4v) is 3.27. The SMILES string of the molecule is N#CNC1=NC(c2ccc3ccccc3c2F)c2c(nc(N)c(C#N)c2N)N1. The minimum Gasteiger partial charge on any atom is -0.397 e. The maximum atomic E-state index is 15.3. The van der Waals surface area contributed by atoms with Crippen LogP contribution in [-0.2, 0) is 0 Å². The number of pyridine rings is 1. The van der Waals surface area contributed by atoms with Gasteiger partial charge >= 0.3 is 0 Å². The first-order valence-corrected chi connectivity index (χ1v) is 8.21. The summed E-state index contributed by atoms with van der Waals surface area (Å²) in [6.07, 6.45) is 1.76. The topological polar surface area (TPSA) is 149 Å². The van der Waals surface area contributed by atoms with Gasteiger partial charge in [0.2, 0.25) is 5.96 Å². The van der Waals surface area contributed by atoms with Crippen LogP contribution in [0, 0.1) is 28.6 Å². The van der Waals surface area contributed by atoms with Crippen molar-refractivity contribution < 1.29 is 4.39 Å². The lowest BCUT2D eigenvalue weighted by Crippen LogP contribution is -2.33. The van der Waals surface area contributed by atoms with Crippen molar-refractivity contribution in [2.24, 2.45) is 4.99 Å². The van der Waals surface area contributed by atoms with Crippen LogP contribution in [0.15, 0.2) is 41.4 Å². The second-order valence-corrected chi connectivity index (χ2v) is 6.09. The van der Waals surface area contributed by atoms with E-state index in [1.807, 2.05) is 12.1 Å². The number of nitriles is 2.